The van der Waals surface area contributed by atoms with Gasteiger partial charge in [-0.05, 0) is 43.4 Å². The maximum Gasteiger partial charge on any atom is 0.227 e. The Hall–Kier alpha value is -1.42. The molecule has 1 unspecified atom stereocenters. The summed E-state index contributed by atoms with van der Waals surface area (Å²) in [7, 11) is 0. The Bertz CT molecular complexity index is 452. The fourth-order valence-electron chi connectivity index (χ4n) is 2.90. The first-order valence-electron chi connectivity index (χ1n) is 6.73. The zero-order chi connectivity index (χ0) is 14.0. The van der Waals surface area contributed by atoms with Gasteiger partial charge in [0.25, 0.3) is 0 Å². The Balaban J connectivity index is 2.00. The van der Waals surface area contributed by atoms with Crippen molar-refractivity contribution >= 4 is 5.91 Å². The Morgan fingerprint density at radius 2 is 2.05 bits per heavy atom. The molecule has 2 rings (SSSR count). The predicted molar refractivity (Wildman–Crippen MR) is 72.8 cm³/mol. The second-order valence-electron chi connectivity index (χ2n) is 5.74. The van der Waals surface area contributed by atoms with E-state index in [0.29, 0.717) is 12.5 Å². The van der Waals surface area contributed by atoms with Crippen LogP contribution in [0.5, 0.6) is 0 Å². The van der Waals surface area contributed by atoms with Crippen molar-refractivity contribution in [2.45, 2.75) is 32.7 Å². The summed E-state index contributed by atoms with van der Waals surface area (Å²) < 4.78 is 12.9. The Labute approximate surface area is 113 Å². The number of carbonyl (C=O) groups excluding carboxylic acids is 1. The lowest BCUT2D eigenvalue weighted by Gasteiger charge is -2.44. The van der Waals surface area contributed by atoms with E-state index in [1.165, 1.54) is 12.1 Å². The minimum Gasteiger partial charge on any atom is -0.349 e. The molecule has 0 heterocycles. The van der Waals surface area contributed by atoms with E-state index < -0.39 is 5.41 Å². The van der Waals surface area contributed by atoms with Crippen LogP contribution in [0.4, 0.5) is 4.39 Å². The van der Waals surface area contributed by atoms with Gasteiger partial charge < -0.3 is 11.1 Å². The average Bonchev–Trinajstić information content (AvgIpc) is 2.35. The summed E-state index contributed by atoms with van der Waals surface area (Å²) in [5.41, 5.74) is 6.26. The molecule has 0 radical (unpaired) electrons. The lowest BCUT2D eigenvalue weighted by molar-refractivity contribution is -0.138. The fourth-order valence-corrected chi connectivity index (χ4v) is 2.90. The summed E-state index contributed by atoms with van der Waals surface area (Å²) in [4.78, 5) is 12.3. The molecule has 0 aliphatic heterocycles. The van der Waals surface area contributed by atoms with Crippen LogP contribution in [0, 0.1) is 17.2 Å². The van der Waals surface area contributed by atoms with Crippen LogP contribution in [0.25, 0.3) is 0 Å². The van der Waals surface area contributed by atoms with E-state index in [0.717, 1.165) is 18.4 Å². The van der Waals surface area contributed by atoms with Crippen molar-refractivity contribution in [2.24, 2.45) is 17.1 Å². The van der Waals surface area contributed by atoms with Crippen molar-refractivity contribution in [3.63, 3.8) is 0 Å². The molecule has 1 saturated carbocycles. The van der Waals surface area contributed by atoms with Crippen molar-refractivity contribution in [3.05, 3.63) is 35.6 Å². The molecule has 1 aliphatic rings. The minimum atomic E-state index is -0.395. The summed E-state index contributed by atoms with van der Waals surface area (Å²) in [6.07, 6.45) is 1.71. The van der Waals surface area contributed by atoms with E-state index in [9.17, 15) is 9.18 Å². The van der Waals surface area contributed by atoms with Crippen LogP contribution >= 0.6 is 0 Å². The molecule has 104 valence electrons. The van der Waals surface area contributed by atoms with Crippen molar-refractivity contribution < 1.29 is 9.18 Å². The largest absolute Gasteiger partial charge is 0.349 e. The van der Waals surface area contributed by atoms with Crippen LogP contribution in [-0.4, -0.2) is 12.5 Å². The number of amides is 1. The second kappa shape index (κ2) is 5.29. The number of benzene rings is 1. The molecule has 1 aromatic rings. The summed E-state index contributed by atoms with van der Waals surface area (Å²) in [5.74, 6) is 0.314. The molecular weight excluding hydrogens is 243 g/mol. The van der Waals surface area contributed by atoms with Gasteiger partial charge in [-0.1, -0.05) is 19.1 Å². The lowest BCUT2D eigenvalue weighted by Crippen LogP contribution is -2.53. The average molecular weight is 264 g/mol. The van der Waals surface area contributed by atoms with E-state index in [2.05, 4.69) is 12.2 Å². The van der Waals surface area contributed by atoms with E-state index in [1.54, 1.807) is 12.1 Å². The number of hydrogen-bond acceptors (Lipinski definition) is 2. The standard InChI is InChI=1S/C15H21FN2O/c1-10-7-15(8-10,9-17)14(19)18-11(2)12-3-5-13(16)6-4-12/h3-6,10-11H,7-9,17H2,1-2H3,(H,18,19). The van der Waals surface area contributed by atoms with Crippen LogP contribution in [0.1, 0.15) is 38.3 Å². The number of hydrogen-bond donors (Lipinski definition) is 2. The van der Waals surface area contributed by atoms with Gasteiger partial charge in [-0.15, -0.1) is 0 Å². The molecule has 1 amide bonds. The highest BCUT2D eigenvalue weighted by Crippen LogP contribution is 2.45. The monoisotopic (exact) mass is 264 g/mol. The summed E-state index contributed by atoms with van der Waals surface area (Å²) >= 11 is 0. The Kier molecular flexibility index (Phi) is 3.90. The molecule has 3 nitrogen and oxygen atoms in total. The molecular formula is C15H21FN2O. The molecule has 1 fully saturated rings. The maximum absolute atomic E-state index is 12.9. The molecule has 19 heavy (non-hydrogen) atoms. The van der Waals surface area contributed by atoms with E-state index in [-0.39, 0.29) is 17.8 Å². The molecule has 1 aromatic carbocycles. The van der Waals surface area contributed by atoms with Gasteiger partial charge in [-0.2, -0.15) is 0 Å². The molecule has 3 N–H and O–H groups in total. The lowest BCUT2D eigenvalue weighted by atomic mass is 9.62. The molecule has 0 saturated heterocycles. The molecule has 1 aliphatic carbocycles. The third-order valence-corrected chi connectivity index (χ3v) is 4.07. The number of rotatable bonds is 4. The quantitative estimate of drug-likeness (QED) is 0.877. The first-order chi connectivity index (χ1) is 8.97. The summed E-state index contributed by atoms with van der Waals surface area (Å²) in [6.45, 7) is 4.42. The number of halogens is 1. The maximum atomic E-state index is 12.9. The Morgan fingerprint density at radius 3 is 2.53 bits per heavy atom. The zero-order valence-corrected chi connectivity index (χ0v) is 11.4. The van der Waals surface area contributed by atoms with Gasteiger partial charge in [0.1, 0.15) is 5.82 Å². The van der Waals surface area contributed by atoms with Crippen LogP contribution < -0.4 is 11.1 Å². The van der Waals surface area contributed by atoms with Gasteiger partial charge >= 0.3 is 0 Å². The number of carbonyl (C=O) groups is 1. The topological polar surface area (TPSA) is 55.1 Å². The highest BCUT2D eigenvalue weighted by Gasteiger charge is 2.47. The van der Waals surface area contributed by atoms with Crippen molar-refractivity contribution in [1.82, 2.24) is 5.32 Å². The molecule has 0 aromatic heterocycles. The normalized spacial score (nSPS) is 27.5. The first kappa shape index (κ1) is 14.0. The van der Waals surface area contributed by atoms with Crippen molar-refractivity contribution in [2.75, 3.05) is 6.54 Å². The van der Waals surface area contributed by atoms with E-state index in [4.69, 9.17) is 5.73 Å². The van der Waals surface area contributed by atoms with Gasteiger partial charge in [-0.3, -0.25) is 4.79 Å². The van der Waals surface area contributed by atoms with Gasteiger partial charge in [0.05, 0.1) is 11.5 Å². The SMILES string of the molecule is CC1CC(CN)(C(=O)NC(C)c2ccc(F)cc2)C1. The van der Waals surface area contributed by atoms with Gasteiger partial charge in [0, 0.05) is 6.54 Å². The number of nitrogens with two attached hydrogens (primary N) is 1. The van der Waals surface area contributed by atoms with Crippen LogP contribution in [0.15, 0.2) is 24.3 Å². The zero-order valence-electron chi connectivity index (χ0n) is 11.4. The van der Waals surface area contributed by atoms with E-state index in [1.807, 2.05) is 6.92 Å². The van der Waals surface area contributed by atoms with Crippen molar-refractivity contribution in [1.29, 1.82) is 0 Å². The molecule has 0 spiro atoms. The molecule has 4 heteroatoms. The van der Waals surface area contributed by atoms with Crippen LogP contribution in [0.3, 0.4) is 0 Å². The van der Waals surface area contributed by atoms with E-state index >= 15 is 0 Å². The molecule has 1 atom stereocenters. The van der Waals surface area contributed by atoms with Gasteiger partial charge in [0.2, 0.25) is 5.91 Å². The highest BCUT2D eigenvalue weighted by molar-refractivity contribution is 5.84. The number of nitrogens with one attached hydrogen (secondary N) is 1. The molecule has 0 bridgehead atoms. The first-order valence-corrected chi connectivity index (χ1v) is 6.73. The van der Waals surface area contributed by atoms with Crippen LogP contribution in [-0.2, 0) is 4.79 Å². The van der Waals surface area contributed by atoms with Gasteiger partial charge in [0.15, 0.2) is 0 Å². The van der Waals surface area contributed by atoms with Crippen LogP contribution in [0.2, 0.25) is 0 Å². The minimum absolute atomic E-state index is 0.0184. The summed E-state index contributed by atoms with van der Waals surface area (Å²) in [5, 5.41) is 2.99. The third kappa shape index (κ3) is 2.78. The fraction of sp³-hybridized carbons (Fsp3) is 0.533. The van der Waals surface area contributed by atoms with Gasteiger partial charge in [-0.25, -0.2) is 4.39 Å². The Morgan fingerprint density at radius 1 is 1.47 bits per heavy atom. The smallest absolute Gasteiger partial charge is 0.227 e. The predicted octanol–water partition coefficient (Wildman–Crippen LogP) is 2.38. The third-order valence-electron chi connectivity index (χ3n) is 4.07. The summed E-state index contributed by atoms with van der Waals surface area (Å²) in [6, 6.07) is 6.06. The van der Waals surface area contributed by atoms with Crippen molar-refractivity contribution in [3.8, 4) is 0 Å². The highest BCUT2D eigenvalue weighted by atomic mass is 19.1. The second-order valence-corrected chi connectivity index (χ2v) is 5.74.